The largest absolute Gasteiger partial charge is 0.411 e. The van der Waals surface area contributed by atoms with Crippen molar-refractivity contribution in [2.75, 3.05) is 0 Å². The first kappa shape index (κ1) is 19.6. The molecule has 0 fully saturated rings. The highest BCUT2D eigenvalue weighted by Gasteiger charge is 2.75. The Kier molecular flexibility index (Phi) is 4.00. The number of nitrogens with zero attached hydrogens (tertiary/aromatic N) is 1. The van der Waals surface area contributed by atoms with Gasteiger partial charge in [-0.05, 0) is 40.5 Å². The van der Waals surface area contributed by atoms with Gasteiger partial charge in [0.25, 0.3) is 0 Å². The van der Waals surface area contributed by atoms with Crippen molar-refractivity contribution in [3.8, 4) is 22.4 Å². The number of rotatable bonds is 1. The Hall–Kier alpha value is -3.35. The van der Waals surface area contributed by atoms with Crippen molar-refractivity contribution in [2.24, 2.45) is 0 Å². The summed E-state index contributed by atoms with van der Waals surface area (Å²) in [5.74, 6) is 0. The van der Waals surface area contributed by atoms with Gasteiger partial charge in [-0.3, -0.25) is 0 Å². The Morgan fingerprint density at radius 1 is 0.613 bits per heavy atom. The number of halogens is 6. The van der Waals surface area contributed by atoms with E-state index in [0.29, 0.717) is 16.8 Å². The summed E-state index contributed by atoms with van der Waals surface area (Å²) in [6.07, 6.45) is -11.1. The highest BCUT2D eigenvalue weighted by atomic mass is 19.4. The molecule has 5 rings (SSSR count). The zero-order valence-electron chi connectivity index (χ0n) is 15.7. The second kappa shape index (κ2) is 6.33. The van der Waals surface area contributed by atoms with Crippen LogP contribution < -0.4 is 0 Å². The number of benzene rings is 3. The minimum absolute atomic E-state index is 0.0743. The van der Waals surface area contributed by atoms with Gasteiger partial charge in [0, 0.05) is 10.9 Å². The summed E-state index contributed by atoms with van der Waals surface area (Å²) in [6, 6.07) is 19.2. The van der Waals surface area contributed by atoms with Gasteiger partial charge in [0.1, 0.15) is 0 Å². The van der Waals surface area contributed by atoms with E-state index in [1.165, 1.54) is 30.3 Å². The van der Waals surface area contributed by atoms with Crippen molar-refractivity contribution in [3.05, 3.63) is 90.0 Å². The molecule has 7 heteroatoms. The predicted molar refractivity (Wildman–Crippen MR) is 106 cm³/mol. The molecule has 3 aromatic carbocycles. The Balaban J connectivity index is 1.79. The van der Waals surface area contributed by atoms with Crippen LogP contribution in [0.1, 0.15) is 11.1 Å². The van der Waals surface area contributed by atoms with Crippen LogP contribution in [0.5, 0.6) is 0 Å². The average molecular weight is 429 g/mol. The minimum atomic E-state index is -5.56. The van der Waals surface area contributed by atoms with Gasteiger partial charge in [0.15, 0.2) is 0 Å². The van der Waals surface area contributed by atoms with Crippen molar-refractivity contribution in [2.45, 2.75) is 17.8 Å². The molecule has 0 amide bonds. The van der Waals surface area contributed by atoms with E-state index < -0.39 is 28.9 Å². The summed E-state index contributed by atoms with van der Waals surface area (Å²) in [5.41, 5.74) is -4.24. The molecule has 1 heterocycles. The van der Waals surface area contributed by atoms with Crippen LogP contribution in [0.4, 0.5) is 26.3 Å². The van der Waals surface area contributed by atoms with Crippen molar-refractivity contribution in [1.29, 1.82) is 0 Å². The van der Waals surface area contributed by atoms with E-state index in [0.717, 1.165) is 17.5 Å². The van der Waals surface area contributed by atoms with Gasteiger partial charge in [-0.15, -0.1) is 0 Å². The molecule has 0 radical (unpaired) electrons. The Morgan fingerprint density at radius 2 is 1.26 bits per heavy atom. The first-order chi connectivity index (χ1) is 14.6. The third-order valence-corrected chi connectivity index (χ3v) is 5.79. The fourth-order valence-corrected chi connectivity index (χ4v) is 4.44. The highest BCUT2D eigenvalue weighted by molar-refractivity contribution is 5.87. The third-order valence-electron chi connectivity index (χ3n) is 5.79. The van der Waals surface area contributed by atoms with Crippen LogP contribution in [0.3, 0.4) is 0 Å². The monoisotopic (exact) mass is 429 g/mol. The molecular formula is C24H13F6N. The van der Waals surface area contributed by atoms with Crippen molar-refractivity contribution >= 4 is 10.9 Å². The molecule has 0 atom stereocenters. The molecule has 0 aliphatic heterocycles. The Bertz CT molecular complexity index is 1310. The first-order valence-electron chi connectivity index (χ1n) is 9.38. The van der Waals surface area contributed by atoms with Crippen LogP contribution in [0, 0.1) is 0 Å². The van der Waals surface area contributed by atoms with Gasteiger partial charge in [-0.1, -0.05) is 60.7 Å². The summed E-state index contributed by atoms with van der Waals surface area (Å²) in [6.45, 7) is 0. The number of aromatic nitrogens is 1. The van der Waals surface area contributed by atoms with E-state index in [2.05, 4.69) is 4.98 Å². The fourth-order valence-electron chi connectivity index (χ4n) is 4.44. The Labute approximate surface area is 173 Å². The van der Waals surface area contributed by atoms with E-state index >= 15 is 0 Å². The quantitative estimate of drug-likeness (QED) is 0.290. The van der Waals surface area contributed by atoms with Crippen molar-refractivity contribution in [1.82, 2.24) is 4.98 Å². The predicted octanol–water partition coefficient (Wildman–Crippen LogP) is 7.29. The van der Waals surface area contributed by atoms with E-state index in [9.17, 15) is 26.3 Å². The molecule has 0 bridgehead atoms. The zero-order chi connectivity index (χ0) is 22.0. The summed E-state index contributed by atoms with van der Waals surface area (Å²) in [4.78, 5) is 4.52. The van der Waals surface area contributed by atoms with Crippen LogP contribution in [0.2, 0.25) is 0 Å². The highest BCUT2D eigenvalue weighted by Crippen LogP contribution is 2.63. The second-order valence-electron chi connectivity index (χ2n) is 7.44. The lowest BCUT2D eigenvalue weighted by molar-refractivity contribution is -0.287. The molecule has 1 aromatic heterocycles. The lowest BCUT2D eigenvalue weighted by Gasteiger charge is -2.35. The molecule has 0 saturated carbocycles. The lowest BCUT2D eigenvalue weighted by Crippen LogP contribution is -2.53. The van der Waals surface area contributed by atoms with Gasteiger partial charge in [0.05, 0.1) is 11.2 Å². The number of fused-ring (bicyclic) bond motifs is 4. The van der Waals surface area contributed by atoms with Crippen molar-refractivity contribution < 1.29 is 26.3 Å². The van der Waals surface area contributed by atoms with Gasteiger partial charge in [-0.25, -0.2) is 4.98 Å². The number of hydrogen-bond donors (Lipinski definition) is 0. The normalized spacial score (nSPS) is 15.0. The molecule has 31 heavy (non-hydrogen) atoms. The molecule has 1 nitrogen and oxygen atoms in total. The van der Waals surface area contributed by atoms with Crippen LogP contribution in [-0.2, 0) is 5.41 Å². The SMILES string of the molecule is FC(F)(F)C1(C(F)(F)F)c2ccccc2-c2cc(-c3ccc4ccccc4n3)ccc21. The summed E-state index contributed by atoms with van der Waals surface area (Å²) in [5, 5.41) is 0.880. The topological polar surface area (TPSA) is 12.9 Å². The second-order valence-corrected chi connectivity index (χ2v) is 7.44. The zero-order valence-corrected chi connectivity index (χ0v) is 15.7. The van der Waals surface area contributed by atoms with E-state index in [-0.39, 0.29) is 11.1 Å². The van der Waals surface area contributed by atoms with Crippen molar-refractivity contribution in [3.63, 3.8) is 0 Å². The summed E-state index contributed by atoms with van der Waals surface area (Å²) >= 11 is 0. The minimum Gasteiger partial charge on any atom is -0.248 e. The van der Waals surface area contributed by atoms with Crippen LogP contribution >= 0.6 is 0 Å². The molecule has 0 saturated heterocycles. The first-order valence-corrected chi connectivity index (χ1v) is 9.38. The van der Waals surface area contributed by atoms with Gasteiger partial charge >= 0.3 is 12.4 Å². The fraction of sp³-hybridized carbons (Fsp3) is 0.125. The molecule has 0 N–H and O–H groups in total. The van der Waals surface area contributed by atoms with Gasteiger partial charge in [0.2, 0.25) is 5.41 Å². The van der Waals surface area contributed by atoms with E-state index in [1.807, 2.05) is 18.2 Å². The summed E-state index contributed by atoms with van der Waals surface area (Å²) < 4.78 is 84.8. The Morgan fingerprint density at radius 3 is 2.00 bits per heavy atom. The third kappa shape index (κ3) is 2.62. The molecule has 0 unspecified atom stereocenters. The van der Waals surface area contributed by atoms with Crippen LogP contribution in [0.25, 0.3) is 33.3 Å². The number of pyridine rings is 1. The molecule has 4 aromatic rings. The maximum atomic E-state index is 14.1. The van der Waals surface area contributed by atoms with E-state index in [1.54, 1.807) is 18.2 Å². The molecule has 1 aliphatic carbocycles. The standard InChI is InChI=1S/C24H13F6N/c25-23(26,27)22(24(28,29)30)18-7-3-2-6-16(18)17-13-15(9-11-19(17)22)21-12-10-14-5-1-4-8-20(14)31-21/h1-13H. The smallest absolute Gasteiger partial charge is 0.248 e. The van der Waals surface area contributed by atoms with Gasteiger partial charge in [-0.2, -0.15) is 26.3 Å². The van der Waals surface area contributed by atoms with E-state index in [4.69, 9.17) is 0 Å². The summed E-state index contributed by atoms with van der Waals surface area (Å²) in [7, 11) is 0. The number of alkyl halides is 6. The maximum absolute atomic E-state index is 14.1. The maximum Gasteiger partial charge on any atom is 0.411 e. The van der Waals surface area contributed by atoms with Crippen LogP contribution in [0.15, 0.2) is 78.9 Å². The molecule has 1 aliphatic rings. The van der Waals surface area contributed by atoms with Gasteiger partial charge < -0.3 is 0 Å². The lowest BCUT2D eigenvalue weighted by atomic mass is 9.76. The molecule has 156 valence electrons. The van der Waals surface area contributed by atoms with Crippen LogP contribution in [-0.4, -0.2) is 17.3 Å². The average Bonchev–Trinajstić information content (AvgIpc) is 3.04. The molecule has 0 spiro atoms. The molecular weight excluding hydrogens is 416 g/mol. The number of hydrogen-bond acceptors (Lipinski definition) is 1. The number of para-hydroxylation sites is 1.